The quantitative estimate of drug-likeness (QED) is 0.749. The van der Waals surface area contributed by atoms with Crippen LogP contribution in [0.5, 0.6) is 0 Å². The highest BCUT2D eigenvalue weighted by atomic mass is 32.2. The third-order valence-electron chi connectivity index (χ3n) is 5.50. The number of hydrogen-bond acceptors (Lipinski definition) is 5. The van der Waals surface area contributed by atoms with Crippen molar-refractivity contribution in [3.63, 3.8) is 0 Å². The summed E-state index contributed by atoms with van der Waals surface area (Å²) in [6.07, 6.45) is 4.42. The number of benzene rings is 1. The van der Waals surface area contributed by atoms with E-state index in [1.54, 1.807) is 42.7 Å². The topological polar surface area (TPSA) is 67.2 Å². The Balaban J connectivity index is 1.79. The first-order valence-corrected chi connectivity index (χ1v) is 10.6. The molecule has 1 aromatic carbocycles. The molecule has 1 saturated heterocycles. The number of hydrogen-bond donors (Lipinski definition) is 1. The lowest BCUT2D eigenvalue weighted by Gasteiger charge is -2.38. The number of likely N-dealkylation sites (N-methyl/N-ethyl adjacent to an activating group) is 1. The molecule has 6 nitrogen and oxygen atoms in total. The van der Waals surface area contributed by atoms with Gasteiger partial charge in [0.1, 0.15) is 0 Å². The summed E-state index contributed by atoms with van der Waals surface area (Å²) < 4.78 is 27.4. The molecule has 7 heteroatoms. The van der Waals surface area contributed by atoms with Crippen molar-refractivity contribution in [3.05, 3.63) is 54.9 Å². The molecule has 0 saturated carbocycles. The molecule has 0 unspecified atom stereocenters. The van der Waals surface area contributed by atoms with Crippen molar-refractivity contribution in [2.24, 2.45) is 5.92 Å². The second kappa shape index (κ2) is 6.98. The minimum atomic E-state index is -3.68. The first-order chi connectivity index (χ1) is 13.0. The van der Waals surface area contributed by atoms with Gasteiger partial charge in [0.25, 0.3) is 10.0 Å². The third kappa shape index (κ3) is 3.11. The van der Waals surface area contributed by atoms with E-state index in [1.807, 2.05) is 12.1 Å². The normalized spacial score (nSPS) is 20.7. The molecule has 1 aliphatic heterocycles. The molecular weight excluding hydrogens is 360 g/mol. The zero-order valence-electron chi connectivity index (χ0n) is 15.5. The Morgan fingerprint density at radius 3 is 2.70 bits per heavy atom. The Kier molecular flexibility index (Phi) is 4.65. The molecule has 0 amide bonds. The van der Waals surface area contributed by atoms with E-state index in [0.29, 0.717) is 17.6 Å². The predicted octanol–water partition coefficient (Wildman–Crippen LogP) is 2.71. The molecule has 142 valence electrons. The van der Waals surface area contributed by atoms with Gasteiger partial charge in [-0.15, -0.1) is 0 Å². The van der Waals surface area contributed by atoms with E-state index >= 15 is 0 Å². The zero-order valence-corrected chi connectivity index (χ0v) is 16.4. The second-order valence-corrected chi connectivity index (χ2v) is 8.96. The van der Waals surface area contributed by atoms with E-state index < -0.39 is 10.0 Å². The third-order valence-corrected chi connectivity index (χ3v) is 7.18. The van der Waals surface area contributed by atoms with Crippen LogP contribution in [0.15, 0.2) is 59.8 Å². The number of aromatic nitrogens is 2. The summed E-state index contributed by atoms with van der Waals surface area (Å²) in [6, 6.07) is 12.6. The van der Waals surface area contributed by atoms with Gasteiger partial charge in [0.15, 0.2) is 5.65 Å². The molecule has 0 aliphatic carbocycles. The van der Waals surface area contributed by atoms with Crippen molar-refractivity contribution in [1.29, 1.82) is 0 Å². The number of rotatable bonds is 4. The first-order valence-electron chi connectivity index (χ1n) is 9.20. The maximum absolute atomic E-state index is 13.0. The van der Waals surface area contributed by atoms with Crippen molar-refractivity contribution in [3.8, 4) is 0 Å². The number of piperidine rings is 1. The van der Waals surface area contributed by atoms with Gasteiger partial charge in [-0.25, -0.2) is 17.4 Å². The van der Waals surface area contributed by atoms with Crippen LogP contribution in [-0.4, -0.2) is 43.6 Å². The van der Waals surface area contributed by atoms with Crippen LogP contribution in [0.4, 0.5) is 5.69 Å². The average Bonchev–Trinajstić information content (AvgIpc) is 3.13. The van der Waals surface area contributed by atoms with Gasteiger partial charge in [-0.1, -0.05) is 25.1 Å². The molecule has 3 heterocycles. The summed E-state index contributed by atoms with van der Waals surface area (Å²) >= 11 is 0. The maximum atomic E-state index is 13.0. The van der Waals surface area contributed by atoms with Crippen molar-refractivity contribution in [2.45, 2.75) is 24.3 Å². The lowest BCUT2D eigenvalue weighted by Crippen LogP contribution is -2.49. The first kappa shape index (κ1) is 18.0. The van der Waals surface area contributed by atoms with Crippen molar-refractivity contribution in [2.75, 3.05) is 25.0 Å². The second-order valence-electron chi connectivity index (χ2n) is 7.15. The molecule has 0 spiro atoms. The molecule has 2 atom stereocenters. The molecule has 0 radical (unpaired) electrons. The molecule has 3 aromatic rings. The van der Waals surface area contributed by atoms with E-state index in [0.717, 1.165) is 30.6 Å². The number of nitrogens with one attached hydrogen (secondary N) is 1. The lowest BCUT2D eigenvalue weighted by atomic mass is 9.93. The van der Waals surface area contributed by atoms with Gasteiger partial charge in [0.05, 0.1) is 4.90 Å². The predicted molar refractivity (Wildman–Crippen MR) is 108 cm³/mol. The fourth-order valence-electron chi connectivity index (χ4n) is 3.88. The minimum Gasteiger partial charge on any atom is -0.369 e. The van der Waals surface area contributed by atoms with Crippen LogP contribution in [0, 0.1) is 5.92 Å². The van der Waals surface area contributed by atoms with Crippen molar-refractivity contribution < 1.29 is 8.42 Å². The number of fused-ring (bicyclic) bond motifs is 1. The Morgan fingerprint density at radius 1 is 1.19 bits per heavy atom. The van der Waals surface area contributed by atoms with Gasteiger partial charge < -0.3 is 10.2 Å². The van der Waals surface area contributed by atoms with Crippen LogP contribution in [0.25, 0.3) is 11.0 Å². The molecule has 1 N–H and O–H groups in total. The summed E-state index contributed by atoms with van der Waals surface area (Å²) in [5.41, 5.74) is 1.46. The van der Waals surface area contributed by atoms with Gasteiger partial charge in [-0.3, -0.25) is 0 Å². The highest BCUT2D eigenvalue weighted by Crippen LogP contribution is 2.31. The maximum Gasteiger partial charge on any atom is 0.269 e. The summed E-state index contributed by atoms with van der Waals surface area (Å²) in [7, 11) is -1.60. The minimum absolute atomic E-state index is 0.258. The SMILES string of the molecule is C[C@@H]1CCNC[C@@H]1N(C)c1ccnc2c1ccn2S(=O)(=O)c1ccccc1. The number of anilines is 1. The number of nitrogens with zero attached hydrogens (tertiary/aromatic N) is 3. The highest BCUT2D eigenvalue weighted by Gasteiger charge is 2.27. The molecule has 1 fully saturated rings. The van der Waals surface area contributed by atoms with Gasteiger partial charge in [-0.2, -0.15) is 0 Å². The van der Waals surface area contributed by atoms with Gasteiger partial charge >= 0.3 is 0 Å². The monoisotopic (exact) mass is 384 g/mol. The van der Waals surface area contributed by atoms with Crippen LogP contribution in [-0.2, 0) is 10.0 Å². The summed E-state index contributed by atoms with van der Waals surface area (Å²) in [6.45, 7) is 4.24. The van der Waals surface area contributed by atoms with Crippen LogP contribution >= 0.6 is 0 Å². The molecule has 1 aliphatic rings. The highest BCUT2D eigenvalue weighted by molar-refractivity contribution is 7.90. The Labute approximate surface area is 159 Å². The molecular formula is C20H24N4O2S. The van der Waals surface area contributed by atoms with E-state index in [1.165, 1.54) is 3.97 Å². The fourth-order valence-corrected chi connectivity index (χ4v) is 5.20. The van der Waals surface area contributed by atoms with Gasteiger partial charge in [-0.05, 0) is 43.1 Å². The molecule has 0 bridgehead atoms. The van der Waals surface area contributed by atoms with Gasteiger partial charge in [0, 0.05) is 43.1 Å². The van der Waals surface area contributed by atoms with Crippen molar-refractivity contribution >= 4 is 26.7 Å². The average molecular weight is 385 g/mol. The summed E-state index contributed by atoms with van der Waals surface area (Å²) in [5, 5.41) is 4.30. The van der Waals surface area contributed by atoms with Crippen LogP contribution in [0.3, 0.4) is 0 Å². The largest absolute Gasteiger partial charge is 0.369 e. The summed E-state index contributed by atoms with van der Waals surface area (Å²) in [5.74, 6) is 0.564. The standard InChI is InChI=1S/C20H24N4O2S/c1-15-8-11-21-14-19(15)23(2)18-9-12-22-20-17(18)10-13-24(20)27(25,26)16-6-4-3-5-7-16/h3-7,9-10,12-13,15,19,21H,8,11,14H2,1-2H3/t15-,19+/m1/s1. The summed E-state index contributed by atoms with van der Waals surface area (Å²) in [4.78, 5) is 6.89. The van der Waals surface area contributed by atoms with Crippen LogP contribution < -0.4 is 10.2 Å². The Bertz CT molecular complexity index is 1050. The molecule has 2 aromatic heterocycles. The lowest BCUT2D eigenvalue weighted by molar-refractivity contribution is 0.339. The smallest absolute Gasteiger partial charge is 0.269 e. The van der Waals surface area contributed by atoms with E-state index in [9.17, 15) is 8.42 Å². The Morgan fingerprint density at radius 2 is 1.96 bits per heavy atom. The van der Waals surface area contributed by atoms with E-state index in [2.05, 4.69) is 29.2 Å². The Hall–Kier alpha value is -2.38. The van der Waals surface area contributed by atoms with Crippen LogP contribution in [0.2, 0.25) is 0 Å². The molecule has 27 heavy (non-hydrogen) atoms. The molecule has 4 rings (SSSR count). The van der Waals surface area contributed by atoms with Crippen LogP contribution in [0.1, 0.15) is 13.3 Å². The number of pyridine rings is 1. The van der Waals surface area contributed by atoms with E-state index in [4.69, 9.17) is 0 Å². The fraction of sp³-hybridized carbons (Fsp3) is 0.350. The van der Waals surface area contributed by atoms with Crippen molar-refractivity contribution in [1.82, 2.24) is 14.3 Å². The zero-order chi connectivity index (χ0) is 19.0. The van der Waals surface area contributed by atoms with E-state index in [-0.39, 0.29) is 4.90 Å². The van der Waals surface area contributed by atoms with Gasteiger partial charge in [0.2, 0.25) is 0 Å².